The molecule has 0 saturated carbocycles. The highest BCUT2D eigenvalue weighted by atomic mass is 35.5. The largest absolute Gasteiger partial charge is 0.493 e. The number of H-pyrrole nitrogens is 1. The topological polar surface area (TPSA) is 122 Å². The summed E-state index contributed by atoms with van der Waals surface area (Å²) < 4.78 is 51.3. The lowest BCUT2D eigenvalue weighted by molar-refractivity contribution is -0.142. The molecule has 45 heavy (non-hydrogen) atoms. The molecule has 0 spiro atoms. The Morgan fingerprint density at radius 1 is 0.911 bits per heavy atom. The van der Waals surface area contributed by atoms with Crippen molar-refractivity contribution in [3.05, 3.63) is 94.0 Å². The van der Waals surface area contributed by atoms with Gasteiger partial charge in [0.15, 0.2) is 0 Å². The second-order valence-electron chi connectivity index (χ2n) is 10.3. The molecule has 0 fully saturated rings. The van der Waals surface area contributed by atoms with Crippen LogP contribution in [-0.2, 0) is 39.7 Å². The number of carboxylic acids is 1. The van der Waals surface area contributed by atoms with Crippen LogP contribution in [0.25, 0.3) is 28.2 Å². The smallest absolute Gasteiger partial charge is 0.416 e. The zero-order valence-corrected chi connectivity index (χ0v) is 24.7. The van der Waals surface area contributed by atoms with Crippen LogP contribution in [0.3, 0.4) is 0 Å². The van der Waals surface area contributed by atoms with Crippen LogP contribution in [-0.4, -0.2) is 62.4 Å². The number of fused-ring (bicyclic) bond motifs is 1. The molecule has 13 heteroatoms. The Morgan fingerprint density at radius 3 is 2.29 bits per heavy atom. The van der Waals surface area contributed by atoms with E-state index in [-0.39, 0.29) is 25.0 Å². The van der Waals surface area contributed by atoms with E-state index in [1.807, 2.05) is 24.3 Å². The van der Waals surface area contributed by atoms with Gasteiger partial charge in [-0.05, 0) is 67.1 Å². The summed E-state index contributed by atoms with van der Waals surface area (Å²) in [7, 11) is 0. The highest BCUT2D eigenvalue weighted by Crippen LogP contribution is 2.35. The van der Waals surface area contributed by atoms with Gasteiger partial charge in [0.2, 0.25) is 11.8 Å². The fraction of sp³-hybridized carbons (Fsp3) is 0.281. The molecule has 0 bridgehead atoms. The summed E-state index contributed by atoms with van der Waals surface area (Å²) in [6.45, 7) is 0.732. The first-order valence-corrected chi connectivity index (χ1v) is 14.6. The molecule has 0 aliphatic heterocycles. The fourth-order valence-electron chi connectivity index (χ4n) is 4.83. The standard InChI is InChI=1S/C32H30ClF3N4O5/c33-24-12-14-26-27(18-24)38-31(37-26)40-30(43)25(29(39-40)22-8-10-23(11-9-22)32(34,35)36)13-7-21-5-3-20(4-6-21)2-1-15-44-16-17-45-19-28(41)42/h3-6,8-12,14,18,43H,1-2,7,13,15-17,19H2,(H,37,38)(H,41,42). The predicted octanol–water partition coefficient (Wildman–Crippen LogP) is 6.63. The van der Waals surface area contributed by atoms with Crippen molar-refractivity contribution in [3.63, 3.8) is 0 Å². The Morgan fingerprint density at radius 2 is 1.60 bits per heavy atom. The van der Waals surface area contributed by atoms with Crippen molar-refractivity contribution in [2.45, 2.75) is 31.9 Å². The second-order valence-corrected chi connectivity index (χ2v) is 10.8. The molecule has 3 aromatic carbocycles. The van der Waals surface area contributed by atoms with Gasteiger partial charge in [-0.3, -0.25) is 0 Å². The van der Waals surface area contributed by atoms with Gasteiger partial charge in [0.05, 0.1) is 29.8 Å². The van der Waals surface area contributed by atoms with Gasteiger partial charge < -0.3 is 24.7 Å². The summed E-state index contributed by atoms with van der Waals surface area (Å²) in [6, 6.07) is 17.8. The van der Waals surface area contributed by atoms with E-state index in [1.54, 1.807) is 18.2 Å². The molecule has 0 unspecified atom stereocenters. The third-order valence-corrected chi connectivity index (χ3v) is 7.35. The molecular weight excluding hydrogens is 613 g/mol. The quantitative estimate of drug-likeness (QED) is 0.116. The Bertz CT molecular complexity index is 1750. The molecule has 0 radical (unpaired) electrons. The lowest BCUT2D eigenvalue weighted by Gasteiger charge is -2.08. The summed E-state index contributed by atoms with van der Waals surface area (Å²) >= 11 is 6.10. The maximum Gasteiger partial charge on any atom is 0.416 e. The summed E-state index contributed by atoms with van der Waals surface area (Å²) in [5.41, 5.74) is 3.86. The van der Waals surface area contributed by atoms with E-state index < -0.39 is 17.7 Å². The minimum atomic E-state index is -4.48. The highest BCUT2D eigenvalue weighted by molar-refractivity contribution is 6.31. The van der Waals surface area contributed by atoms with Crippen LogP contribution >= 0.6 is 11.6 Å². The molecule has 0 amide bonds. The number of aromatic nitrogens is 4. The molecule has 2 aromatic heterocycles. The number of hydrogen-bond acceptors (Lipinski definition) is 6. The molecule has 0 aliphatic rings. The van der Waals surface area contributed by atoms with Gasteiger partial charge in [0, 0.05) is 22.8 Å². The van der Waals surface area contributed by atoms with Gasteiger partial charge in [0.25, 0.3) is 0 Å². The summed E-state index contributed by atoms with van der Waals surface area (Å²) in [5, 5.41) is 24.9. The van der Waals surface area contributed by atoms with Crippen molar-refractivity contribution >= 4 is 28.6 Å². The first-order valence-electron chi connectivity index (χ1n) is 14.2. The van der Waals surface area contributed by atoms with Crippen LogP contribution < -0.4 is 0 Å². The Labute approximate surface area is 261 Å². The number of carboxylic acid groups (broad SMARTS) is 1. The first-order chi connectivity index (χ1) is 21.6. The maximum atomic E-state index is 13.2. The van der Waals surface area contributed by atoms with Crippen molar-refractivity contribution in [2.75, 3.05) is 26.4 Å². The number of aromatic amines is 1. The van der Waals surface area contributed by atoms with Crippen LogP contribution in [0.15, 0.2) is 66.7 Å². The fourth-order valence-corrected chi connectivity index (χ4v) is 5.00. The Balaban J connectivity index is 1.29. The SMILES string of the molecule is O=C(O)COCCOCCCc1ccc(CCc2c(-c3ccc(C(F)(F)F)cc3)nn(-c3nc4cc(Cl)ccc4[nH]3)c2O)cc1. The summed E-state index contributed by atoms with van der Waals surface area (Å²) in [5.74, 6) is -0.941. The average molecular weight is 643 g/mol. The number of imidazole rings is 1. The number of aryl methyl sites for hydroxylation is 2. The molecule has 0 atom stereocenters. The molecule has 236 valence electrons. The first kappa shape index (κ1) is 32.0. The van der Waals surface area contributed by atoms with Crippen molar-refractivity contribution < 1.29 is 37.7 Å². The van der Waals surface area contributed by atoms with Gasteiger partial charge in [-0.25, -0.2) is 9.78 Å². The summed E-state index contributed by atoms with van der Waals surface area (Å²) in [4.78, 5) is 18.0. The van der Waals surface area contributed by atoms with Crippen LogP contribution in [0, 0.1) is 0 Å². The molecule has 3 N–H and O–H groups in total. The number of benzene rings is 3. The van der Waals surface area contributed by atoms with Crippen LogP contribution in [0.5, 0.6) is 5.88 Å². The highest BCUT2D eigenvalue weighted by Gasteiger charge is 2.30. The second kappa shape index (κ2) is 14.1. The minimum absolute atomic E-state index is 0.167. The van der Waals surface area contributed by atoms with Gasteiger partial charge >= 0.3 is 12.1 Å². The molecule has 0 saturated heterocycles. The number of ether oxygens (including phenoxy) is 2. The number of aliphatic carboxylic acids is 1. The number of rotatable bonds is 14. The van der Waals surface area contributed by atoms with Gasteiger partial charge in [0.1, 0.15) is 12.3 Å². The van der Waals surface area contributed by atoms with E-state index in [0.29, 0.717) is 58.9 Å². The molecule has 5 rings (SSSR count). The van der Waals surface area contributed by atoms with Crippen LogP contribution in [0.1, 0.15) is 28.7 Å². The number of nitrogens with one attached hydrogen (secondary N) is 1. The van der Waals surface area contributed by atoms with Crippen molar-refractivity contribution in [3.8, 4) is 23.1 Å². The van der Waals surface area contributed by atoms with E-state index in [4.69, 9.17) is 26.2 Å². The minimum Gasteiger partial charge on any atom is -0.493 e. The van der Waals surface area contributed by atoms with Crippen LogP contribution in [0.4, 0.5) is 13.2 Å². The van der Waals surface area contributed by atoms with E-state index >= 15 is 0 Å². The normalized spacial score (nSPS) is 11.8. The number of hydrogen-bond donors (Lipinski definition) is 3. The van der Waals surface area contributed by atoms with Crippen molar-refractivity contribution in [1.82, 2.24) is 19.7 Å². The number of nitrogens with zero attached hydrogens (tertiary/aromatic N) is 3. The van der Waals surface area contributed by atoms with E-state index in [0.717, 1.165) is 36.1 Å². The summed E-state index contributed by atoms with van der Waals surface area (Å²) in [6.07, 6.45) is -1.98. The van der Waals surface area contributed by atoms with Crippen molar-refractivity contribution in [2.24, 2.45) is 0 Å². The molecular formula is C32H30ClF3N4O5. The number of aromatic hydroxyl groups is 1. The maximum absolute atomic E-state index is 13.2. The Hall–Kier alpha value is -4.39. The lowest BCUT2D eigenvalue weighted by Crippen LogP contribution is -2.11. The average Bonchev–Trinajstić information content (AvgIpc) is 3.57. The molecule has 0 aliphatic carbocycles. The van der Waals surface area contributed by atoms with Crippen LogP contribution in [0.2, 0.25) is 5.02 Å². The number of halogens is 4. The van der Waals surface area contributed by atoms with Gasteiger partial charge in [-0.1, -0.05) is 48.0 Å². The number of carbonyl (C=O) groups is 1. The third-order valence-electron chi connectivity index (χ3n) is 7.11. The predicted molar refractivity (Wildman–Crippen MR) is 162 cm³/mol. The Kier molecular flexibility index (Phi) is 10.1. The monoisotopic (exact) mass is 642 g/mol. The van der Waals surface area contributed by atoms with Gasteiger partial charge in [-0.2, -0.15) is 23.0 Å². The van der Waals surface area contributed by atoms with E-state index in [2.05, 4.69) is 15.1 Å². The van der Waals surface area contributed by atoms with E-state index in [9.17, 15) is 23.1 Å². The third kappa shape index (κ3) is 8.21. The zero-order valence-electron chi connectivity index (χ0n) is 24.0. The molecule has 9 nitrogen and oxygen atoms in total. The van der Waals surface area contributed by atoms with Crippen molar-refractivity contribution in [1.29, 1.82) is 0 Å². The van der Waals surface area contributed by atoms with Gasteiger partial charge in [-0.15, -0.1) is 0 Å². The molecule has 2 heterocycles. The number of alkyl halides is 3. The molecule has 5 aromatic rings. The van der Waals surface area contributed by atoms with E-state index in [1.165, 1.54) is 16.8 Å². The lowest BCUT2D eigenvalue weighted by atomic mass is 9.99. The zero-order chi connectivity index (χ0) is 32.0.